The molecule has 1 aromatic carbocycles. The number of benzene rings is 1. The minimum Gasteiger partial charge on any atom is -0.305 e. The minimum absolute atomic E-state index is 0.168. The van der Waals surface area contributed by atoms with Gasteiger partial charge in [0.2, 0.25) is 0 Å². The number of aryl methyl sites for hydroxylation is 1. The number of carbonyl (C=O) groups excluding carboxylic acids is 1. The Kier molecular flexibility index (Phi) is 3.82. The molecule has 1 amide bonds. The summed E-state index contributed by atoms with van der Waals surface area (Å²) in [6.07, 6.45) is 0. The zero-order chi connectivity index (χ0) is 16.7. The van der Waals surface area contributed by atoms with Gasteiger partial charge in [0, 0.05) is 16.4 Å². The van der Waals surface area contributed by atoms with E-state index in [1.807, 2.05) is 42.6 Å². The van der Waals surface area contributed by atoms with Gasteiger partial charge in [-0.2, -0.15) is 5.10 Å². The van der Waals surface area contributed by atoms with Crippen molar-refractivity contribution in [3.05, 3.63) is 63.5 Å². The molecule has 0 aliphatic carbocycles. The van der Waals surface area contributed by atoms with Crippen molar-refractivity contribution in [1.29, 1.82) is 0 Å². The molecule has 0 bridgehead atoms. The molecule has 0 fully saturated rings. The number of hydrogen-bond acceptors (Lipinski definition) is 4. The lowest BCUT2D eigenvalue weighted by molar-refractivity contribution is 0.102. The van der Waals surface area contributed by atoms with Crippen LogP contribution in [0.15, 0.2) is 41.8 Å². The highest BCUT2D eigenvalue weighted by Gasteiger charge is 2.28. The van der Waals surface area contributed by atoms with E-state index in [4.69, 9.17) is 0 Å². The molecule has 0 saturated heterocycles. The summed E-state index contributed by atoms with van der Waals surface area (Å²) in [6.45, 7) is 2.02. The van der Waals surface area contributed by atoms with Crippen molar-refractivity contribution in [2.24, 2.45) is 0 Å². The first-order valence-electron chi connectivity index (χ1n) is 7.49. The smallest absolute Gasteiger partial charge is 0.266 e. The van der Waals surface area contributed by atoms with E-state index >= 15 is 0 Å². The Morgan fingerprint density at radius 2 is 2.04 bits per heavy atom. The number of fused-ring (bicyclic) bond motifs is 1. The van der Waals surface area contributed by atoms with Crippen LogP contribution < -0.4 is 5.32 Å². The highest BCUT2D eigenvalue weighted by molar-refractivity contribution is 7.83. The topological polar surface area (TPSA) is 64.0 Å². The Bertz CT molecular complexity index is 928. The van der Waals surface area contributed by atoms with Gasteiger partial charge in [0.15, 0.2) is 0 Å². The molecule has 0 radical (unpaired) electrons. The number of amides is 1. The van der Waals surface area contributed by atoms with Crippen molar-refractivity contribution in [1.82, 2.24) is 9.78 Å². The second kappa shape index (κ2) is 5.99. The molecule has 5 nitrogen and oxygen atoms in total. The molecular weight excluding hydrogens is 342 g/mol. The number of aromatic nitrogens is 2. The Morgan fingerprint density at radius 1 is 1.25 bits per heavy atom. The summed E-state index contributed by atoms with van der Waals surface area (Å²) in [5.41, 5.74) is 3.71. The van der Waals surface area contributed by atoms with Gasteiger partial charge in [-0.05, 0) is 30.5 Å². The average molecular weight is 357 g/mol. The third-order valence-corrected chi connectivity index (χ3v) is 6.00. The van der Waals surface area contributed by atoms with Crippen LogP contribution >= 0.6 is 11.3 Å². The van der Waals surface area contributed by atoms with E-state index < -0.39 is 10.8 Å². The predicted octanol–water partition coefficient (Wildman–Crippen LogP) is 3.26. The third-order valence-electron chi connectivity index (χ3n) is 3.93. The second-order valence-corrected chi connectivity index (χ2v) is 8.09. The molecule has 7 heteroatoms. The fourth-order valence-electron chi connectivity index (χ4n) is 2.71. The molecule has 24 heavy (non-hydrogen) atoms. The van der Waals surface area contributed by atoms with Crippen molar-refractivity contribution in [2.45, 2.75) is 18.4 Å². The van der Waals surface area contributed by atoms with E-state index in [1.165, 1.54) is 11.3 Å². The number of thiophene rings is 1. The van der Waals surface area contributed by atoms with Gasteiger partial charge in [-0.25, -0.2) is 4.68 Å². The second-order valence-electron chi connectivity index (χ2n) is 5.68. The molecule has 1 atom stereocenters. The maximum atomic E-state index is 12.5. The number of hydrogen-bond donors (Lipinski definition) is 1. The number of rotatable bonds is 3. The maximum Gasteiger partial charge on any atom is 0.266 e. The summed E-state index contributed by atoms with van der Waals surface area (Å²) in [7, 11) is -0.943. The van der Waals surface area contributed by atoms with Gasteiger partial charge in [-0.15, -0.1) is 11.3 Å². The summed E-state index contributed by atoms with van der Waals surface area (Å²) < 4.78 is 13.6. The Morgan fingerprint density at radius 3 is 2.75 bits per heavy atom. The van der Waals surface area contributed by atoms with E-state index in [1.54, 1.807) is 10.7 Å². The first-order valence-corrected chi connectivity index (χ1v) is 9.86. The molecular formula is C17H15N3O2S2. The fourth-order valence-corrected chi connectivity index (χ4v) is 4.59. The molecule has 1 aliphatic heterocycles. The van der Waals surface area contributed by atoms with Crippen molar-refractivity contribution in [2.75, 3.05) is 5.32 Å². The highest BCUT2D eigenvalue weighted by Crippen LogP contribution is 2.31. The first kappa shape index (κ1) is 15.3. The lowest BCUT2D eigenvalue weighted by Gasteiger charge is -2.10. The van der Waals surface area contributed by atoms with Crippen LogP contribution in [-0.4, -0.2) is 19.9 Å². The molecule has 4 rings (SSSR count). The van der Waals surface area contributed by atoms with Gasteiger partial charge in [-0.1, -0.05) is 23.8 Å². The van der Waals surface area contributed by atoms with Crippen LogP contribution in [0, 0.1) is 6.92 Å². The van der Waals surface area contributed by atoms with Crippen LogP contribution in [0.5, 0.6) is 0 Å². The predicted molar refractivity (Wildman–Crippen MR) is 96.1 cm³/mol. The standard InChI is InChI=1S/C17H15N3O2S2/c1-11-4-6-12(7-5-11)20-16(13-9-24(22)10-14(13)19-20)18-17(21)15-3-2-8-23-15/h2-8H,9-10H2,1H3,(H,18,21). The Hall–Kier alpha value is -2.25. The molecule has 122 valence electrons. The summed E-state index contributed by atoms with van der Waals surface area (Å²) in [4.78, 5) is 13.1. The van der Waals surface area contributed by atoms with Crippen molar-refractivity contribution >= 4 is 33.9 Å². The normalized spacial score (nSPS) is 16.1. The molecule has 1 N–H and O–H groups in total. The fraction of sp³-hybridized carbons (Fsp3) is 0.176. The van der Waals surface area contributed by atoms with E-state index in [0.29, 0.717) is 22.2 Å². The van der Waals surface area contributed by atoms with Gasteiger partial charge >= 0.3 is 0 Å². The van der Waals surface area contributed by atoms with Crippen LogP contribution in [0.2, 0.25) is 0 Å². The molecule has 0 saturated carbocycles. The highest BCUT2D eigenvalue weighted by atomic mass is 32.2. The van der Waals surface area contributed by atoms with Gasteiger partial charge in [0.25, 0.3) is 5.91 Å². The zero-order valence-corrected chi connectivity index (χ0v) is 14.6. The number of anilines is 1. The van der Waals surface area contributed by atoms with Crippen molar-refractivity contribution in [3.8, 4) is 5.69 Å². The third kappa shape index (κ3) is 2.70. The van der Waals surface area contributed by atoms with Crippen LogP contribution in [0.25, 0.3) is 5.69 Å². The molecule has 2 aromatic heterocycles. The monoisotopic (exact) mass is 357 g/mol. The van der Waals surface area contributed by atoms with Crippen LogP contribution in [0.4, 0.5) is 5.82 Å². The van der Waals surface area contributed by atoms with Crippen molar-refractivity contribution < 1.29 is 9.00 Å². The first-order chi connectivity index (χ1) is 11.6. The zero-order valence-electron chi connectivity index (χ0n) is 13.0. The minimum atomic E-state index is -0.943. The lowest BCUT2D eigenvalue weighted by Crippen LogP contribution is -2.15. The lowest BCUT2D eigenvalue weighted by atomic mass is 10.2. The summed E-state index contributed by atoms with van der Waals surface area (Å²) in [6, 6.07) is 11.6. The van der Waals surface area contributed by atoms with Crippen LogP contribution in [0.3, 0.4) is 0 Å². The summed E-state index contributed by atoms with van der Waals surface area (Å²) >= 11 is 1.39. The summed E-state index contributed by atoms with van der Waals surface area (Å²) in [5.74, 6) is 1.33. The largest absolute Gasteiger partial charge is 0.305 e. The van der Waals surface area contributed by atoms with Gasteiger partial charge in [0.1, 0.15) is 5.82 Å². The molecule has 3 aromatic rings. The Balaban J connectivity index is 1.77. The average Bonchev–Trinajstić information content (AvgIpc) is 3.26. The van der Waals surface area contributed by atoms with Gasteiger partial charge in [-0.3, -0.25) is 9.00 Å². The van der Waals surface area contributed by atoms with Crippen LogP contribution in [0.1, 0.15) is 26.5 Å². The van der Waals surface area contributed by atoms with Gasteiger partial charge in [0.05, 0.1) is 27.8 Å². The number of carbonyl (C=O) groups is 1. The number of nitrogens with one attached hydrogen (secondary N) is 1. The van der Waals surface area contributed by atoms with E-state index in [9.17, 15) is 9.00 Å². The van der Waals surface area contributed by atoms with Crippen molar-refractivity contribution in [3.63, 3.8) is 0 Å². The summed E-state index contributed by atoms with van der Waals surface area (Å²) in [5, 5.41) is 9.42. The quantitative estimate of drug-likeness (QED) is 0.782. The molecule has 1 unspecified atom stereocenters. The Labute approximate surface area is 145 Å². The van der Waals surface area contributed by atoms with Gasteiger partial charge < -0.3 is 5.32 Å². The number of nitrogens with zero attached hydrogens (tertiary/aromatic N) is 2. The van der Waals surface area contributed by atoms with E-state index in [0.717, 1.165) is 22.5 Å². The SMILES string of the molecule is Cc1ccc(-n2nc3c(c2NC(=O)c2cccs2)CS(=O)C3)cc1. The maximum absolute atomic E-state index is 12.5. The molecule has 1 aliphatic rings. The van der Waals surface area contributed by atoms with E-state index in [2.05, 4.69) is 10.4 Å². The molecule has 3 heterocycles. The molecule has 0 spiro atoms. The van der Waals surface area contributed by atoms with Crippen LogP contribution in [-0.2, 0) is 22.3 Å². The van der Waals surface area contributed by atoms with E-state index in [-0.39, 0.29) is 5.91 Å².